The number of carbonyl (C=O) groups is 1. The number of esters is 1. The monoisotopic (exact) mass is 627 g/mol. The first-order chi connectivity index (χ1) is 18.7. The minimum atomic E-state index is -0.747. The first-order valence-electron chi connectivity index (χ1n) is 11.7. The Kier molecular flexibility index (Phi) is 7.39. The van der Waals surface area contributed by atoms with Crippen LogP contribution < -0.4 is 14.9 Å². The minimum Gasteiger partial charge on any atom is -0.463 e. The molecule has 0 amide bonds. The summed E-state index contributed by atoms with van der Waals surface area (Å²) in [4.78, 5) is 42.2. The van der Waals surface area contributed by atoms with Gasteiger partial charge in [0.25, 0.3) is 11.2 Å². The van der Waals surface area contributed by atoms with Crippen LogP contribution in [0.2, 0.25) is 5.02 Å². The third-order valence-corrected chi connectivity index (χ3v) is 7.92. The molecule has 0 aliphatic carbocycles. The Balaban J connectivity index is 1.60. The van der Waals surface area contributed by atoms with E-state index >= 15 is 0 Å². The molecular weight excluding hydrogens is 610 g/mol. The molecule has 9 nitrogen and oxygen atoms in total. The second-order valence-electron chi connectivity index (χ2n) is 8.48. The molecule has 0 spiro atoms. The lowest BCUT2D eigenvalue weighted by molar-refractivity contribution is -0.384. The predicted octanol–water partition coefficient (Wildman–Crippen LogP) is 5.38. The molecule has 1 aliphatic rings. The van der Waals surface area contributed by atoms with Gasteiger partial charge in [-0.1, -0.05) is 35.1 Å². The Hall–Kier alpha value is -3.80. The number of thiazole rings is 1. The van der Waals surface area contributed by atoms with Crippen molar-refractivity contribution < 1.29 is 18.9 Å². The minimum absolute atomic E-state index is 0.0498. The molecule has 0 unspecified atom stereocenters. The molecule has 0 radical (unpaired) electrons. The zero-order valence-electron chi connectivity index (χ0n) is 20.5. The van der Waals surface area contributed by atoms with Crippen LogP contribution in [0.4, 0.5) is 5.69 Å². The first kappa shape index (κ1) is 26.8. The van der Waals surface area contributed by atoms with Gasteiger partial charge in [0.15, 0.2) is 4.80 Å². The molecule has 12 heteroatoms. The summed E-state index contributed by atoms with van der Waals surface area (Å²) in [5.74, 6) is 0.331. The standard InChI is InChI=1S/C27H19BrClN3O6S/c1-3-37-26(34)23-14(2)30-27-31(24(23)15-4-6-16(29)7-5-15)25(33)22(39-27)13-18-9-11-21(38-18)19-10-8-17(32(35)36)12-20(19)28/h4-13,24H,3H2,1-2H3/b22-13+/t24-/m1/s1. The van der Waals surface area contributed by atoms with Crippen LogP contribution in [0, 0.1) is 10.1 Å². The summed E-state index contributed by atoms with van der Waals surface area (Å²) >= 11 is 10.6. The summed E-state index contributed by atoms with van der Waals surface area (Å²) in [6.45, 7) is 3.61. The van der Waals surface area contributed by atoms with Gasteiger partial charge in [-0.15, -0.1) is 0 Å². The molecule has 39 heavy (non-hydrogen) atoms. The van der Waals surface area contributed by atoms with Crippen LogP contribution in [0.5, 0.6) is 0 Å². The van der Waals surface area contributed by atoms with Crippen LogP contribution in [-0.2, 0) is 9.53 Å². The number of allylic oxidation sites excluding steroid dienone is 1. The molecule has 0 saturated heterocycles. The Bertz CT molecular complexity index is 1840. The lowest BCUT2D eigenvalue weighted by Gasteiger charge is -2.24. The average Bonchev–Trinajstić information content (AvgIpc) is 3.48. The Morgan fingerprint density at radius 2 is 2.00 bits per heavy atom. The van der Waals surface area contributed by atoms with Crippen molar-refractivity contribution in [3.63, 3.8) is 0 Å². The summed E-state index contributed by atoms with van der Waals surface area (Å²) in [6.07, 6.45) is 1.61. The van der Waals surface area contributed by atoms with E-state index in [1.165, 1.54) is 28.0 Å². The largest absolute Gasteiger partial charge is 0.463 e. The van der Waals surface area contributed by atoms with Gasteiger partial charge < -0.3 is 9.15 Å². The summed E-state index contributed by atoms with van der Waals surface area (Å²) in [5.41, 5.74) is 1.66. The molecule has 0 saturated carbocycles. The third kappa shape index (κ3) is 5.12. The zero-order valence-corrected chi connectivity index (χ0v) is 23.7. The van der Waals surface area contributed by atoms with E-state index in [2.05, 4.69) is 20.9 Å². The van der Waals surface area contributed by atoms with E-state index in [4.69, 9.17) is 20.8 Å². The van der Waals surface area contributed by atoms with Gasteiger partial charge in [-0.25, -0.2) is 9.79 Å². The van der Waals surface area contributed by atoms with Crippen molar-refractivity contribution in [1.29, 1.82) is 0 Å². The highest BCUT2D eigenvalue weighted by molar-refractivity contribution is 9.10. The lowest BCUT2D eigenvalue weighted by Crippen LogP contribution is -2.39. The number of nitrogens with zero attached hydrogens (tertiary/aromatic N) is 3. The number of nitro groups is 1. The van der Waals surface area contributed by atoms with Gasteiger partial charge in [0.1, 0.15) is 11.5 Å². The number of rotatable bonds is 6. The topological polar surface area (TPSA) is 117 Å². The van der Waals surface area contributed by atoms with Crippen LogP contribution in [0.1, 0.15) is 31.2 Å². The number of ether oxygens (including phenoxy) is 1. The van der Waals surface area contributed by atoms with Crippen molar-refractivity contribution in [2.75, 3.05) is 6.61 Å². The van der Waals surface area contributed by atoms with Crippen LogP contribution in [-0.4, -0.2) is 22.1 Å². The quantitative estimate of drug-likeness (QED) is 0.161. The van der Waals surface area contributed by atoms with Crippen molar-refractivity contribution in [2.24, 2.45) is 4.99 Å². The number of halogens is 2. The maximum atomic E-state index is 13.7. The summed E-state index contributed by atoms with van der Waals surface area (Å²) in [5, 5.41) is 11.6. The third-order valence-electron chi connectivity index (χ3n) is 6.03. The fourth-order valence-electron chi connectivity index (χ4n) is 4.27. The number of benzene rings is 2. The molecule has 0 bridgehead atoms. The van der Waals surface area contributed by atoms with E-state index in [0.29, 0.717) is 47.2 Å². The van der Waals surface area contributed by atoms with Gasteiger partial charge in [-0.05, 0) is 65.7 Å². The van der Waals surface area contributed by atoms with Gasteiger partial charge >= 0.3 is 5.97 Å². The van der Waals surface area contributed by atoms with Crippen LogP contribution in [0.15, 0.2) is 84.5 Å². The van der Waals surface area contributed by atoms with E-state index in [9.17, 15) is 19.7 Å². The highest BCUT2D eigenvalue weighted by Gasteiger charge is 2.33. The van der Waals surface area contributed by atoms with Crippen LogP contribution >= 0.6 is 38.9 Å². The van der Waals surface area contributed by atoms with Crippen molar-refractivity contribution in [1.82, 2.24) is 4.57 Å². The summed E-state index contributed by atoms with van der Waals surface area (Å²) in [6, 6.07) is 14.0. The number of non-ortho nitro benzene ring substituents is 1. The highest BCUT2D eigenvalue weighted by Crippen LogP contribution is 2.33. The first-order valence-corrected chi connectivity index (χ1v) is 13.7. The molecule has 4 aromatic rings. The van der Waals surface area contributed by atoms with Gasteiger partial charge in [0.05, 0.1) is 33.4 Å². The molecule has 2 aromatic carbocycles. The molecular formula is C27H19BrClN3O6S. The number of hydrogen-bond donors (Lipinski definition) is 0. The average molecular weight is 629 g/mol. The Morgan fingerprint density at radius 1 is 1.26 bits per heavy atom. The second kappa shape index (κ2) is 10.8. The smallest absolute Gasteiger partial charge is 0.338 e. The highest BCUT2D eigenvalue weighted by atomic mass is 79.9. The predicted molar refractivity (Wildman–Crippen MR) is 150 cm³/mol. The van der Waals surface area contributed by atoms with Crippen molar-refractivity contribution >= 4 is 56.6 Å². The number of carbonyl (C=O) groups excluding carboxylic acids is 1. The second-order valence-corrected chi connectivity index (χ2v) is 10.8. The molecule has 2 aromatic heterocycles. The van der Waals surface area contributed by atoms with Gasteiger partial charge in [-0.3, -0.25) is 19.5 Å². The number of aromatic nitrogens is 1. The van der Waals surface area contributed by atoms with Gasteiger partial charge in [0.2, 0.25) is 0 Å². The molecule has 198 valence electrons. The maximum Gasteiger partial charge on any atom is 0.338 e. The molecule has 0 N–H and O–H groups in total. The zero-order chi connectivity index (χ0) is 27.8. The molecule has 3 heterocycles. The van der Waals surface area contributed by atoms with Crippen LogP contribution in [0.25, 0.3) is 17.4 Å². The van der Waals surface area contributed by atoms with E-state index in [0.717, 1.165) is 0 Å². The SMILES string of the molecule is CCOC(=O)C1=C(C)N=c2s/c(=C/c3ccc(-c4ccc([N+](=O)[O-])cc4Br)o3)c(=O)n2[C@@H]1c1ccc(Cl)cc1. The Labute approximate surface area is 238 Å². The van der Waals surface area contributed by atoms with E-state index in [1.807, 2.05) is 0 Å². The van der Waals surface area contributed by atoms with Crippen molar-refractivity contribution in [2.45, 2.75) is 19.9 Å². The van der Waals surface area contributed by atoms with E-state index < -0.39 is 16.9 Å². The normalized spacial score (nSPS) is 15.2. The molecule has 1 atom stereocenters. The Morgan fingerprint density at radius 3 is 2.67 bits per heavy atom. The molecule has 1 aliphatic heterocycles. The number of nitro benzene ring substituents is 1. The van der Waals surface area contributed by atoms with Gasteiger partial charge in [0, 0.05) is 33.3 Å². The fourth-order valence-corrected chi connectivity index (χ4v) is 5.99. The fraction of sp³-hybridized carbons (Fsp3) is 0.148. The van der Waals surface area contributed by atoms with Crippen molar-refractivity contribution in [3.8, 4) is 11.3 Å². The van der Waals surface area contributed by atoms with Crippen LogP contribution in [0.3, 0.4) is 0 Å². The van der Waals surface area contributed by atoms with Crippen molar-refractivity contribution in [3.05, 3.63) is 116 Å². The number of furan rings is 1. The molecule has 5 rings (SSSR count). The van der Waals surface area contributed by atoms with Gasteiger partial charge in [-0.2, -0.15) is 0 Å². The number of hydrogen-bond acceptors (Lipinski definition) is 8. The summed E-state index contributed by atoms with van der Waals surface area (Å²) < 4.78 is 13.6. The van der Waals surface area contributed by atoms with E-state index in [-0.39, 0.29) is 23.4 Å². The van der Waals surface area contributed by atoms with E-state index in [1.54, 1.807) is 62.4 Å². The maximum absolute atomic E-state index is 13.7. The summed E-state index contributed by atoms with van der Waals surface area (Å²) in [7, 11) is 0. The lowest BCUT2D eigenvalue weighted by atomic mass is 9.96. The number of fused-ring (bicyclic) bond motifs is 1. The molecule has 0 fully saturated rings.